The van der Waals surface area contributed by atoms with Crippen LogP contribution in [0.5, 0.6) is 0 Å². The zero-order valence-corrected chi connectivity index (χ0v) is 27.9. The van der Waals surface area contributed by atoms with Crippen molar-refractivity contribution in [2.24, 2.45) is 17.8 Å². The summed E-state index contributed by atoms with van der Waals surface area (Å²) in [5.41, 5.74) is 1.26. The van der Waals surface area contributed by atoms with Crippen LogP contribution in [0.1, 0.15) is 78.0 Å². The number of carboxylic acid groups (broad SMARTS) is 3. The molecule has 46 heavy (non-hydrogen) atoms. The van der Waals surface area contributed by atoms with Crippen LogP contribution in [0.15, 0.2) is 91.0 Å². The molecule has 0 heterocycles. The number of ketones is 3. The van der Waals surface area contributed by atoms with Crippen LogP contribution in [0.2, 0.25) is 0 Å². The van der Waals surface area contributed by atoms with Gasteiger partial charge < -0.3 is 29.7 Å². The van der Waals surface area contributed by atoms with Gasteiger partial charge in [-0.25, -0.2) is 0 Å². The minimum absolute atomic E-state index is 0.260. The Labute approximate surface area is 281 Å². The molecule has 0 aliphatic rings. The predicted molar refractivity (Wildman–Crippen MR) is 160 cm³/mol. The molecule has 0 saturated carbocycles. The summed E-state index contributed by atoms with van der Waals surface area (Å²) in [4.78, 5) is 66.6. The number of carbonyl (C=O) groups is 6. The van der Waals surface area contributed by atoms with E-state index in [9.17, 15) is 44.1 Å². The van der Waals surface area contributed by atoms with E-state index in [4.69, 9.17) is 0 Å². The second-order valence-corrected chi connectivity index (χ2v) is 9.91. The predicted octanol–water partition coefficient (Wildman–Crippen LogP) is 2.42. The topological polar surface area (TPSA) is 181 Å². The van der Waals surface area contributed by atoms with Gasteiger partial charge in [-0.3, -0.25) is 14.4 Å². The van der Waals surface area contributed by atoms with Crippen LogP contribution in [0.25, 0.3) is 0 Å². The van der Waals surface area contributed by atoms with Crippen LogP contribution in [-0.2, 0) is 38.5 Å². The SMILES string of the molecule is CCC(C(=O)[O-])C(=O)c1ccccc1.CCC(C(=O)[O-])C(=O)c1ccccc1.CCC(C(=O)[O-])C(=O)c1ccccc1.CC[O][Ti+3]. The van der Waals surface area contributed by atoms with Crippen LogP contribution in [0.4, 0.5) is 0 Å². The minimum atomic E-state index is -1.30. The molecule has 0 spiro atoms. The average Bonchev–Trinajstić information content (AvgIpc) is 3.07. The summed E-state index contributed by atoms with van der Waals surface area (Å²) in [5.74, 6) is -8.15. The molecule has 3 rings (SSSR count). The first kappa shape index (κ1) is 41.8. The van der Waals surface area contributed by atoms with Crippen LogP contribution in [0.3, 0.4) is 0 Å². The summed E-state index contributed by atoms with van der Waals surface area (Å²) < 4.78 is 4.54. The monoisotopic (exact) mass is 666 g/mol. The Bertz CT molecular complexity index is 1190. The van der Waals surface area contributed by atoms with Gasteiger partial charge in [0.15, 0.2) is 17.3 Å². The molecule has 242 valence electrons. The Balaban J connectivity index is 0.000000623. The van der Waals surface area contributed by atoms with Crippen molar-refractivity contribution in [2.45, 2.75) is 47.0 Å². The first-order valence-electron chi connectivity index (χ1n) is 14.6. The molecule has 0 radical (unpaired) electrons. The van der Waals surface area contributed by atoms with E-state index in [2.05, 4.69) is 3.32 Å². The molecule has 3 unspecified atom stereocenters. The van der Waals surface area contributed by atoms with Gasteiger partial charge in [0, 0.05) is 16.7 Å². The van der Waals surface area contributed by atoms with Crippen molar-refractivity contribution in [2.75, 3.05) is 6.61 Å². The fourth-order valence-corrected chi connectivity index (χ4v) is 3.79. The number of carbonyl (C=O) groups excluding carboxylic acids is 6. The standard InChI is InChI=1S/3C11H12O3.C2H5O.Ti/c3*1-2-9(11(13)14)10(12)8-6-4-3-5-7-8;1-2-3;/h3*3-7,9H,2H2,1H3,(H,13,14);2H2,1H3;/q;;;-1;+4/p-3. The third-order valence-corrected chi connectivity index (χ3v) is 6.80. The molecule has 0 amide bonds. The number of carboxylic acids is 3. The maximum atomic E-state index is 11.6. The Kier molecular flexibility index (Phi) is 21.8. The van der Waals surface area contributed by atoms with Crippen molar-refractivity contribution >= 4 is 35.3 Å². The fraction of sp³-hybridized carbons (Fsp3) is 0.314. The van der Waals surface area contributed by atoms with E-state index in [0.29, 0.717) is 16.7 Å². The summed E-state index contributed by atoms with van der Waals surface area (Å²) in [6, 6.07) is 25.2. The third kappa shape index (κ3) is 15.2. The van der Waals surface area contributed by atoms with Gasteiger partial charge in [0.25, 0.3) is 0 Å². The number of benzene rings is 3. The van der Waals surface area contributed by atoms with E-state index in [1.165, 1.54) is 0 Å². The van der Waals surface area contributed by atoms with Gasteiger partial charge in [0.1, 0.15) is 0 Å². The van der Waals surface area contributed by atoms with E-state index in [-0.39, 0.29) is 36.6 Å². The molecule has 0 N–H and O–H groups in total. The Morgan fingerprint density at radius 3 is 0.826 bits per heavy atom. The summed E-state index contributed by atoms with van der Waals surface area (Å²) >= 11 is 1.68. The van der Waals surface area contributed by atoms with Gasteiger partial charge in [-0.2, -0.15) is 0 Å². The first-order valence-corrected chi connectivity index (χ1v) is 15.2. The van der Waals surface area contributed by atoms with E-state index in [1.807, 2.05) is 6.92 Å². The molecule has 3 atom stereocenters. The number of hydrogen-bond donors (Lipinski definition) is 0. The summed E-state index contributed by atoms with van der Waals surface area (Å²) in [6.45, 7) is 7.74. The summed E-state index contributed by atoms with van der Waals surface area (Å²) in [6.07, 6.45) is 0.780. The number of aliphatic carboxylic acids is 3. The van der Waals surface area contributed by atoms with Gasteiger partial charge >= 0.3 is 37.7 Å². The molecule has 3 aromatic carbocycles. The molecule has 3 aromatic rings. The van der Waals surface area contributed by atoms with Crippen molar-refractivity contribution < 1.29 is 68.2 Å². The second-order valence-electron chi connectivity index (χ2n) is 9.46. The number of Topliss-reactive ketones (excluding diaryl/α,β-unsaturated/α-hetero) is 3. The van der Waals surface area contributed by atoms with Crippen LogP contribution in [-0.4, -0.2) is 41.9 Å². The van der Waals surface area contributed by atoms with Gasteiger partial charge in [0.2, 0.25) is 0 Å². The normalized spacial score (nSPS) is 11.7. The van der Waals surface area contributed by atoms with Crippen LogP contribution < -0.4 is 15.3 Å². The van der Waals surface area contributed by atoms with Crippen LogP contribution >= 0.6 is 0 Å². The molecule has 11 heteroatoms. The molecule has 0 bridgehead atoms. The quantitative estimate of drug-likeness (QED) is 0.149. The first-order chi connectivity index (χ1) is 21.9. The number of rotatable bonds is 13. The number of hydrogen-bond acceptors (Lipinski definition) is 10. The van der Waals surface area contributed by atoms with Gasteiger partial charge in [0.05, 0.1) is 35.7 Å². The van der Waals surface area contributed by atoms with Crippen molar-refractivity contribution in [3.05, 3.63) is 108 Å². The Morgan fingerprint density at radius 2 is 0.696 bits per heavy atom. The molecule has 0 aliphatic heterocycles. The fourth-order valence-electron chi connectivity index (χ4n) is 3.79. The van der Waals surface area contributed by atoms with Crippen molar-refractivity contribution in [3.8, 4) is 0 Å². The Hall–Kier alpha value is -4.25. The molecule has 0 aliphatic carbocycles. The molecular weight excluding hydrogens is 628 g/mol. The van der Waals surface area contributed by atoms with Crippen molar-refractivity contribution in [3.63, 3.8) is 0 Å². The van der Waals surface area contributed by atoms with Gasteiger partial charge in [-0.05, 0) is 19.3 Å². The zero-order valence-electron chi connectivity index (χ0n) is 26.3. The summed E-state index contributed by atoms with van der Waals surface area (Å²) in [5, 5.41) is 31.8. The second kappa shape index (κ2) is 24.0. The summed E-state index contributed by atoms with van der Waals surface area (Å²) in [7, 11) is 0. The molecule has 10 nitrogen and oxygen atoms in total. The third-order valence-electron chi connectivity index (χ3n) is 6.35. The van der Waals surface area contributed by atoms with E-state index in [1.54, 1.807) is 133 Å². The maximum absolute atomic E-state index is 11.6. The van der Waals surface area contributed by atoms with Gasteiger partial charge in [-0.15, -0.1) is 0 Å². The average molecular weight is 667 g/mol. The molecule has 0 aromatic heterocycles. The van der Waals surface area contributed by atoms with Crippen molar-refractivity contribution in [1.29, 1.82) is 0 Å². The van der Waals surface area contributed by atoms with Crippen LogP contribution in [0, 0.1) is 17.8 Å². The van der Waals surface area contributed by atoms with Crippen molar-refractivity contribution in [1.82, 2.24) is 0 Å². The zero-order chi connectivity index (χ0) is 35.1. The van der Waals surface area contributed by atoms with E-state index in [0.717, 1.165) is 6.61 Å². The molecular formula is C35H38O10Ti. The van der Waals surface area contributed by atoms with E-state index < -0.39 is 35.7 Å². The Morgan fingerprint density at radius 1 is 0.500 bits per heavy atom. The van der Waals surface area contributed by atoms with Gasteiger partial charge in [-0.1, -0.05) is 112 Å². The van der Waals surface area contributed by atoms with E-state index >= 15 is 0 Å². The molecule has 0 fully saturated rings. The molecule has 0 saturated heterocycles.